The summed E-state index contributed by atoms with van der Waals surface area (Å²) in [6.45, 7) is 2.43. The van der Waals surface area contributed by atoms with Crippen LogP contribution >= 0.6 is 0 Å². The summed E-state index contributed by atoms with van der Waals surface area (Å²) in [4.78, 5) is 19.0. The van der Waals surface area contributed by atoms with Crippen molar-refractivity contribution in [2.24, 2.45) is 0 Å². The van der Waals surface area contributed by atoms with Crippen molar-refractivity contribution in [2.45, 2.75) is 13.5 Å². The molecular formula is C13H13N3O2. The van der Waals surface area contributed by atoms with E-state index in [4.69, 9.17) is 5.11 Å². The standard InChI is InChI=1S/C13H13N3O2/c1-9-4-2-6-14-11(9)8-16-10-5-3-7-15-12(10)13(17)18/h2-7,16H,8H2,1H3,(H,17,18). The minimum absolute atomic E-state index is 0.0195. The Balaban J connectivity index is 2.16. The molecule has 2 rings (SSSR count). The molecule has 0 aromatic carbocycles. The van der Waals surface area contributed by atoms with Crippen molar-refractivity contribution in [1.29, 1.82) is 0 Å². The summed E-state index contributed by atoms with van der Waals surface area (Å²) in [5.74, 6) is -1.05. The summed E-state index contributed by atoms with van der Waals surface area (Å²) >= 11 is 0. The minimum atomic E-state index is -1.05. The van der Waals surface area contributed by atoms with Crippen molar-refractivity contribution >= 4 is 11.7 Å². The zero-order chi connectivity index (χ0) is 13.0. The third-order valence-corrected chi connectivity index (χ3v) is 2.57. The number of anilines is 1. The zero-order valence-electron chi connectivity index (χ0n) is 9.92. The summed E-state index contributed by atoms with van der Waals surface area (Å²) in [6.07, 6.45) is 3.17. The molecule has 5 nitrogen and oxygen atoms in total. The molecule has 0 unspecified atom stereocenters. The van der Waals surface area contributed by atoms with E-state index in [1.54, 1.807) is 18.3 Å². The van der Waals surface area contributed by atoms with Gasteiger partial charge in [0.05, 0.1) is 17.9 Å². The van der Waals surface area contributed by atoms with Gasteiger partial charge in [0.2, 0.25) is 0 Å². The first kappa shape index (κ1) is 12.0. The molecule has 0 bridgehead atoms. The maximum absolute atomic E-state index is 11.0. The molecule has 0 saturated heterocycles. The van der Waals surface area contributed by atoms with Gasteiger partial charge in [0.1, 0.15) is 0 Å². The molecule has 2 aromatic heterocycles. The number of aromatic nitrogens is 2. The van der Waals surface area contributed by atoms with Crippen LogP contribution in [0.3, 0.4) is 0 Å². The van der Waals surface area contributed by atoms with Crippen LogP contribution in [0.5, 0.6) is 0 Å². The van der Waals surface area contributed by atoms with E-state index in [9.17, 15) is 4.79 Å². The Morgan fingerprint density at radius 1 is 1.28 bits per heavy atom. The number of hydrogen-bond donors (Lipinski definition) is 2. The second kappa shape index (κ2) is 5.27. The Kier molecular flexibility index (Phi) is 3.52. The average molecular weight is 243 g/mol. The van der Waals surface area contributed by atoms with Gasteiger partial charge in [0, 0.05) is 12.4 Å². The number of aryl methyl sites for hydroxylation is 1. The maximum atomic E-state index is 11.0. The SMILES string of the molecule is Cc1cccnc1CNc1cccnc1C(=O)O. The van der Waals surface area contributed by atoms with Crippen LogP contribution in [-0.2, 0) is 6.54 Å². The van der Waals surface area contributed by atoms with Crippen LogP contribution in [0.25, 0.3) is 0 Å². The van der Waals surface area contributed by atoms with E-state index < -0.39 is 5.97 Å². The molecule has 0 atom stereocenters. The highest BCUT2D eigenvalue weighted by atomic mass is 16.4. The molecule has 0 aliphatic rings. The van der Waals surface area contributed by atoms with Crippen molar-refractivity contribution in [2.75, 3.05) is 5.32 Å². The van der Waals surface area contributed by atoms with Crippen LogP contribution in [-0.4, -0.2) is 21.0 Å². The molecule has 0 amide bonds. The highest BCUT2D eigenvalue weighted by Crippen LogP contribution is 2.14. The number of nitrogens with zero attached hydrogens (tertiary/aromatic N) is 2. The molecule has 2 N–H and O–H groups in total. The highest BCUT2D eigenvalue weighted by Gasteiger charge is 2.10. The second-order valence-corrected chi connectivity index (χ2v) is 3.83. The quantitative estimate of drug-likeness (QED) is 0.860. The Hall–Kier alpha value is -2.43. The van der Waals surface area contributed by atoms with E-state index in [0.29, 0.717) is 12.2 Å². The molecule has 5 heteroatoms. The van der Waals surface area contributed by atoms with Gasteiger partial charge < -0.3 is 10.4 Å². The van der Waals surface area contributed by atoms with Crippen LogP contribution < -0.4 is 5.32 Å². The number of carboxylic acids is 1. The third-order valence-electron chi connectivity index (χ3n) is 2.57. The van der Waals surface area contributed by atoms with Crippen molar-refractivity contribution < 1.29 is 9.90 Å². The molecule has 18 heavy (non-hydrogen) atoms. The minimum Gasteiger partial charge on any atom is -0.476 e. The molecular weight excluding hydrogens is 230 g/mol. The first-order valence-electron chi connectivity index (χ1n) is 5.51. The molecule has 92 valence electrons. The van der Waals surface area contributed by atoms with Gasteiger partial charge in [-0.05, 0) is 30.7 Å². The predicted molar refractivity (Wildman–Crippen MR) is 67.5 cm³/mol. The summed E-state index contributed by atoms with van der Waals surface area (Å²) in [5.41, 5.74) is 2.46. The van der Waals surface area contributed by atoms with Crippen molar-refractivity contribution in [3.8, 4) is 0 Å². The molecule has 0 spiro atoms. The van der Waals surface area contributed by atoms with Gasteiger partial charge in [-0.3, -0.25) is 4.98 Å². The number of carbonyl (C=O) groups is 1. The van der Waals surface area contributed by atoms with E-state index in [-0.39, 0.29) is 5.69 Å². The fourth-order valence-corrected chi connectivity index (χ4v) is 1.60. The summed E-state index contributed by atoms with van der Waals surface area (Å²) in [7, 11) is 0. The van der Waals surface area contributed by atoms with Gasteiger partial charge in [-0.15, -0.1) is 0 Å². The lowest BCUT2D eigenvalue weighted by Crippen LogP contribution is -2.09. The van der Waals surface area contributed by atoms with Crippen molar-refractivity contribution in [3.63, 3.8) is 0 Å². The van der Waals surface area contributed by atoms with Crippen LogP contribution in [0.1, 0.15) is 21.7 Å². The van der Waals surface area contributed by atoms with E-state index in [2.05, 4.69) is 15.3 Å². The molecule has 0 saturated carbocycles. The van der Waals surface area contributed by atoms with Crippen molar-refractivity contribution in [3.05, 3.63) is 53.6 Å². The zero-order valence-corrected chi connectivity index (χ0v) is 9.92. The van der Waals surface area contributed by atoms with Crippen LogP contribution in [0.2, 0.25) is 0 Å². The number of aromatic carboxylic acids is 1. The fraction of sp³-hybridized carbons (Fsp3) is 0.154. The second-order valence-electron chi connectivity index (χ2n) is 3.83. The summed E-state index contributed by atoms with van der Waals surface area (Å²) in [5, 5.41) is 12.0. The van der Waals surface area contributed by atoms with Gasteiger partial charge in [0.15, 0.2) is 5.69 Å². The Morgan fingerprint density at radius 2 is 2.00 bits per heavy atom. The molecule has 2 aromatic rings. The first-order valence-corrected chi connectivity index (χ1v) is 5.51. The average Bonchev–Trinajstić information content (AvgIpc) is 2.38. The highest BCUT2D eigenvalue weighted by molar-refractivity contribution is 5.91. The smallest absolute Gasteiger partial charge is 0.356 e. The predicted octanol–water partition coefficient (Wildman–Crippen LogP) is 2.10. The summed E-state index contributed by atoms with van der Waals surface area (Å²) < 4.78 is 0. The monoisotopic (exact) mass is 243 g/mol. The number of hydrogen-bond acceptors (Lipinski definition) is 4. The van der Waals surface area contributed by atoms with Crippen LogP contribution in [0, 0.1) is 6.92 Å². The Labute approximate surface area is 105 Å². The summed E-state index contributed by atoms with van der Waals surface area (Å²) in [6, 6.07) is 7.21. The van der Waals surface area contributed by atoms with Gasteiger partial charge in [0.25, 0.3) is 0 Å². The number of nitrogens with one attached hydrogen (secondary N) is 1. The Bertz CT molecular complexity index is 570. The van der Waals surface area contributed by atoms with Gasteiger partial charge >= 0.3 is 5.97 Å². The number of rotatable bonds is 4. The lowest BCUT2D eigenvalue weighted by Gasteiger charge is -2.09. The Morgan fingerprint density at radius 3 is 2.72 bits per heavy atom. The van der Waals surface area contributed by atoms with E-state index >= 15 is 0 Å². The van der Waals surface area contributed by atoms with Crippen molar-refractivity contribution in [1.82, 2.24) is 9.97 Å². The molecule has 0 radical (unpaired) electrons. The van der Waals surface area contributed by atoms with E-state index in [0.717, 1.165) is 11.3 Å². The van der Waals surface area contributed by atoms with E-state index in [1.165, 1.54) is 6.20 Å². The topological polar surface area (TPSA) is 75.1 Å². The van der Waals surface area contributed by atoms with Crippen LogP contribution in [0.15, 0.2) is 36.7 Å². The molecule has 0 aliphatic carbocycles. The number of pyridine rings is 2. The fourth-order valence-electron chi connectivity index (χ4n) is 1.60. The maximum Gasteiger partial charge on any atom is 0.356 e. The molecule has 0 aliphatic heterocycles. The third kappa shape index (κ3) is 2.63. The van der Waals surface area contributed by atoms with Gasteiger partial charge in [-0.1, -0.05) is 6.07 Å². The van der Waals surface area contributed by atoms with E-state index in [1.807, 2.05) is 19.1 Å². The normalized spacial score (nSPS) is 10.1. The largest absolute Gasteiger partial charge is 0.476 e. The molecule has 0 fully saturated rings. The van der Waals surface area contributed by atoms with Gasteiger partial charge in [-0.25, -0.2) is 9.78 Å². The van der Waals surface area contributed by atoms with Gasteiger partial charge in [-0.2, -0.15) is 0 Å². The first-order chi connectivity index (χ1) is 8.68. The van der Waals surface area contributed by atoms with Crippen LogP contribution in [0.4, 0.5) is 5.69 Å². The lowest BCUT2D eigenvalue weighted by molar-refractivity contribution is 0.0691. The number of carboxylic acid groups (broad SMARTS) is 1. The lowest BCUT2D eigenvalue weighted by atomic mass is 10.2. The molecule has 2 heterocycles.